The zero-order valence-electron chi connectivity index (χ0n) is 21.7. The number of fused-ring (bicyclic) bond motifs is 2. The van der Waals surface area contributed by atoms with E-state index in [1.165, 1.54) is 5.56 Å². The third-order valence-electron chi connectivity index (χ3n) is 6.66. The summed E-state index contributed by atoms with van der Waals surface area (Å²) in [6, 6.07) is 16.3. The Bertz CT molecular complexity index is 1300. The first-order valence-corrected chi connectivity index (χ1v) is 12.4. The first-order valence-electron chi connectivity index (χ1n) is 12.4. The van der Waals surface area contributed by atoms with Crippen molar-refractivity contribution in [1.29, 1.82) is 0 Å². The van der Waals surface area contributed by atoms with Crippen LogP contribution in [0.5, 0.6) is 0 Å². The van der Waals surface area contributed by atoms with Crippen molar-refractivity contribution >= 4 is 34.3 Å². The number of nitrogens with zero attached hydrogens (tertiary/aromatic N) is 1. The second-order valence-corrected chi connectivity index (χ2v) is 11.5. The molecule has 0 amide bonds. The molecule has 0 N–H and O–H groups in total. The number of ketones is 1. The molecule has 0 fully saturated rings. The van der Waals surface area contributed by atoms with Crippen molar-refractivity contribution in [2.24, 2.45) is 5.41 Å². The second-order valence-electron chi connectivity index (χ2n) is 11.5. The van der Waals surface area contributed by atoms with Crippen LogP contribution in [-0.2, 0) is 21.4 Å². The second kappa shape index (κ2) is 9.41. The number of Topliss-reactive ketones (excluding diaryl/α,β-unsaturated/α-hetero) is 1. The van der Waals surface area contributed by atoms with Gasteiger partial charge in [-0.2, -0.15) is 0 Å². The molecule has 0 bridgehead atoms. The van der Waals surface area contributed by atoms with Gasteiger partial charge in [-0.15, -0.1) is 0 Å². The topological polar surface area (TPSA) is 56.3 Å². The number of aromatic nitrogens is 1. The van der Waals surface area contributed by atoms with Crippen LogP contribution in [-0.4, -0.2) is 23.3 Å². The van der Waals surface area contributed by atoms with E-state index >= 15 is 0 Å². The molecule has 0 atom stereocenters. The molecule has 1 aromatic heterocycles. The van der Waals surface area contributed by atoms with Crippen LogP contribution in [0, 0.1) is 5.41 Å². The summed E-state index contributed by atoms with van der Waals surface area (Å²) in [5, 5.41) is 0.773. The highest BCUT2D eigenvalue weighted by molar-refractivity contribution is 6.07. The van der Waals surface area contributed by atoms with Crippen molar-refractivity contribution in [3.05, 3.63) is 76.5 Å². The molecule has 2 aromatic carbocycles. The zero-order chi connectivity index (χ0) is 25.4. The molecular formula is C31H35NO3. The lowest BCUT2D eigenvalue weighted by Crippen LogP contribution is -2.27. The van der Waals surface area contributed by atoms with E-state index in [1.54, 1.807) is 0 Å². The van der Waals surface area contributed by atoms with Crippen LogP contribution in [0.1, 0.15) is 87.1 Å². The van der Waals surface area contributed by atoms with E-state index in [4.69, 9.17) is 9.72 Å². The highest BCUT2D eigenvalue weighted by atomic mass is 16.5. The normalized spacial score (nSPS) is 15.2. The fourth-order valence-corrected chi connectivity index (χ4v) is 4.41. The van der Waals surface area contributed by atoms with Gasteiger partial charge in [0.1, 0.15) is 0 Å². The average molecular weight is 470 g/mol. The van der Waals surface area contributed by atoms with Gasteiger partial charge in [0, 0.05) is 10.8 Å². The van der Waals surface area contributed by atoms with Crippen LogP contribution in [0.4, 0.5) is 0 Å². The van der Waals surface area contributed by atoms with Crippen molar-refractivity contribution < 1.29 is 14.3 Å². The molecule has 1 heterocycles. The van der Waals surface area contributed by atoms with Crippen LogP contribution < -0.4 is 0 Å². The number of esters is 1. The Labute approximate surface area is 208 Å². The van der Waals surface area contributed by atoms with Gasteiger partial charge in [0.25, 0.3) is 0 Å². The van der Waals surface area contributed by atoms with Gasteiger partial charge in [-0.3, -0.25) is 4.79 Å². The average Bonchev–Trinajstić information content (AvgIpc) is 2.80. The molecule has 35 heavy (non-hydrogen) atoms. The minimum atomic E-state index is -0.557. The predicted octanol–water partition coefficient (Wildman–Crippen LogP) is 7.18. The van der Waals surface area contributed by atoms with E-state index in [0.717, 1.165) is 52.6 Å². The molecular weight excluding hydrogens is 434 g/mol. The van der Waals surface area contributed by atoms with Gasteiger partial charge in [-0.1, -0.05) is 84.0 Å². The maximum Gasteiger partial charge on any atom is 0.339 e. The first kappa shape index (κ1) is 24.8. The molecule has 1 aliphatic rings. The Kier molecular flexibility index (Phi) is 6.68. The lowest BCUT2D eigenvalue weighted by atomic mass is 9.85. The summed E-state index contributed by atoms with van der Waals surface area (Å²) in [4.78, 5) is 30.7. The summed E-state index contributed by atoms with van der Waals surface area (Å²) in [7, 11) is 0. The molecule has 0 saturated heterocycles. The quantitative estimate of drug-likeness (QED) is 0.380. The lowest BCUT2D eigenvalue weighted by Gasteiger charge is -2.23. The van der Waals surface area contributed by atoms with Crippen LogP contribution in [0.3, 0.4) is 0 Å². The van der Waals surface area contributed by atoms with Gasteiger partial charge in [-0.25, -0.2) is 9.78 Å². The molecule has 182 valence electrons. The summed E-state index contributed by atoms with van der Waals surface area (Å²) in [6.45, 7) is 11.9. The number of para-hydroxylation sites is 1. The maximum atomic E-state index is 13.3. The summed E-state index contributed by atoms with van der Waals surface area (Å²) < 4.78 is 5.55. The Morgan fingerprint density at radius 2 is 1.63 bits per heavy atom. The van der Waals surface area contributed by atoms with Gasteiger partial charge in [0.15, 0.2) is 12.4 Å². The standard InChI is InChI=1S/C31H35NO3/c1-30(2,3)22-16-14-20(15-17-22)18-21-10-9-12-24-27(29(34)35-19-26(33)31(4,5)6)23-11-7-8-13-25(23)32-28(21)24/h7-8,11,13-18H,9-10,12,19H2,1-6H3. The van der Waals surface area contributed by atoms with Gasteiger partial charge < -0.3 is 4.74 Å². The number of pyridine rings is 1. The fourth-order valence-electron chi connectivity index (χ4n) is 4.41. The molecule has 4 heteroatoms. The monoisotopic (exact) mass is 469 g/mol. The number of rotatable bonds is 4. The van der Waals surface area contributed by atoms with Gasteiger partial charge in [0.2, 0.25) is 0 Å². The third-order valence-corrected chi connectivity index (χ3v) is 6.66. The molecule has 0 spiro atoms. The van der Waals surface area contributed by atoms with E-state index in [9.17, 15) is 9.59 Å². The summed E-state index contributed by atoms with van der Waals surface area (Å²) in [5.41, 5.74) is 6.17. The summed E-state index contributed by atoms with van der Waals surface area (Å²) in [5.74, 6) is -0.550. The number of carbonyl (C=O) groups is 2. The van der Waals surface area contributed by atoms with Crippen LogP contribution >= 0.6 is 0 Å². The van der Waals surface area contributed by atoms with Crippen molar-refractivity contribution in [2.45, 2.75) is 66.2 Å². The van der Waals surface area contributed by atoms with E-state index in [-0.39, 0.29) is 17.8 Å². The Morgan fingerprint density at radius 3 is 2.29 bits per heavy atom. The molecule has 0 unspecified atom stereocenters. The smallest absolute Gasteiger partial charge is 0.339 e. The van der Waals surface area contributed by atoms with E-state index in [1.807, 2.05) is 45.0 Å². The number of carbonyl (C=O) groups excluding carboxylic acids is 2. The highest BCUT2D eigenvalue weighted by Gasteiger charge is 2.28. The maximum absolute atomic E-state index is 13.3. The number of ether oxygens (including phenoxy) is 1. The molecule has 4 nitrogen and oxygen atoms in total. The minimum absolute atomic E-state index is 0.0997. The number of allylic oxidation sites excluding steroid dienone is 1. The molecule has 0 saturated carbocycles. The van der Waals surface area contributed by atoms with Crippen molar-refractivity contribution in [3.63, 3.8) is 0 Å². The van der Waals surface area contributed by atoms with Crippen molar-refractivity contribution in [1.82, 2.24) is 4.98 Å². The molecule has 4 rings (SSSR count). The molecule has 3 aromatic rings. The largest absolute Gasteiger partial charge is 0.454 e. The van der Waals surface area contributed by atoms with Crippen LogP contribution in [0.2, 0.25) is 0 Å². The van der Waals surface area contributed by atoms with E-state index in [2.05, 4.69) is 51.1 Å². The highest BCUT2D eigenvalue weighted by Crippen LogP contribution is 2.36. The Balaban J connectivity index is 1.76. The summed E-state index contributed by atoms with van der Waals surface area (Å²) >= 11 is 0. The van der Waals surface area contributed by atoms with Crippen molar-refractivity contribution in [2.75, 3.05) is 6.61 Å². The van der Waals surface area contributed by atoms with Crippen LogP contribution in [0.15, 0.2) is 48.5 Å². The van der Waals surface area contributed by atoms with Gasteiger partial charge in [0.05, 0.1) is 16.8 Å². The lowest BCUT2D eigenvalue weighted by molar-refractivity contribution is -0.129. The third kappa shape index (κ3) is 5.37. The van der Waals surface area contributed by atoms with Gasteiger partial charge in [-0.05, 0) is 59.1 Å². The number of hydrogen-bond acceptors (Lipinski definition) is 4. The van der Waals surface area contributed by atoms with Gasteiger partial charge >= 0.3 is 5.97 Å². The predicted molar refractivity (Wildman–Crippen MR) is 142 cm³/mol. The van der Waals surface area contributed by atoms with E-state index < -0.39 is 11.4 Å². The number of benzene rings is 2. The van der Waals surface area contributed by atoms with Crippen molar-refractivity contribution in [3.8, 4) is 0 Å². The van der Waals surface area contributed by atoms with E-state index in [0.29, 0.717) is 5.56 Å². The minimum Gasteiger partial charge on any atom is -0.454 e. The zero-order valence-corrected chi connectivity index (χ0v) is 21.7. The number of hydrogen-bond donors (Lipinski definition) is 0. The molecule has 1 aliphatic carbocycles. The van der Waals surface area contributed by atoms with Crippen LogP contribution in [0.25, 0.3) is 22.6 Å². The molecule has 0 aliphatic heterocycles. The Hall–Kier alpha value is -3.27. The first-order chi connectivity index (χ1) is 16.4. The SMILES string of the molecule is CC(C)(C)C(=O)COC(=O)c1c2c(nc3ccccc13)C(=Cc1ccc(C(C)(C)C)cc1)CCC2. The fraction of sp³-hybridized carbons (Fsp3) is 0.387. The Morgan fingerprint density at radius 1 is 0.943 bits per heavy atom. The molecule has 0 radical (unpaired) electrons. The summed E-state index contributed by atoms with van der Waals surface area (Å²) in [6.07, 6.45) is 4.77.